The smallest absolute Gasteiger partial charge is 0.230 e. The summed E-state index contributed by atoms with van der Waals surface area (Å²) in [5.41, 5.74) is 4.72. The Morgan fingerprint density at radius 1 is 0.947 bits per heavy atom. The third-order valence-electron chi connectivity index (χ3n) is 7.34. The van der Waals surface area contributed by atoms with Crippen LogP contribution in [0, 0.1) is 6.92 Å². The minimum absolute atomic E-state index is 0.124. The van der Waals surface area contributed by atoms with E-state index in [-0.39, 0.29) is 11.8 Å². The van der Waals surface area contributed by atoms with Crippen molar-refractivity contribution in [2.24, 2.45) is 0 Å². The van der Waals surface area contributed by atoms with Crippen LogP contribution in [0.4, 0.5) is 5.95 Å². The first kappa shape index (κ1) is 24.4. The van der Waals surface area contributed by atoms with Gasteiger partial charge in [-0.3, -0.25) is 4.79 Å². The van der Waals surface area contributed by atoms with Crippen molar-refractivity contribution < 1.29 is 4.79 Å². The summed E-state index contributed by atoms with van der Waals surface area (Å²) >= 11 is 6.33. The van der Waals surface area contributed by atoms with Gasteiger partial charge in [0.1, 0.15) is 0 Å². The van der Waals surface area contributed by atoms with Crippen molar-refractivity contribution in [1.29, 1.82) is 0 Å². The molecule has 1 atom stereocenters. The fraction of sp³-hybridized carbons (Fsp3) is 0.267. The number of carbonyl (C=O) groups excluding carboxylic acids is 1. The Bertz CT molecular complexity index is 1620. The van der Waals surface area contributed by atoms with Crippen molar-refractivity contribution in [1.82, 2.24) is 24.5 Å². The van der Waals surface area contributed by atoms with Crippen LogP contribution in [0.3, 0.4) is 0 Å². The number of anilines is 1. The predicted octanol–water partition coefficient (Wildman–Crippen LogP) is 5.75. The van der Waals surface area contributed by atoms with Gasteiger partial charge in [0.15, 0.2) is 11.5 Å². The number of hydrogen-bond donors (Lipinski definition) is 0. The summed E-state index contributed by atoms with van der Waals surface area (Å²) in [6.07, 6.45) is 0.775. The molecule has 192 valence electrons. The fourth-order valence-electron chi connectivity index (χ4n) is 5.36. The van der Waals surface area contributed by atoms with E-state index in [1.54, 1.807) is 0 Å². The van der Waals surface area contributed by atoms with Gasteiger partial charge in [0, 0.05) is 42.2 Å². The Labute approximate surface area is 226 Å². The Morgan fingerprint density at radius 2 is 1.74 bits per heavy atom. The van der Waals surface area contributed by atoms with Gasteiger partial charge in [-0.2, -0.15) is 0 Å². The number of aromatic nitrogens is 4. The molecular weight excluding hydrogens is 496 g/mol. The number of piperazine rings is 1. The minimum Gasteiger partial charge on any atom is -0.339 e. The molecule has 8 heteroatoms. The summed E-state index contributed by atoms with van der Waals surface area (Å²) in [4.78, 5) is 22.7. The third kappa shape index (κ3) is 4.37. The van der Waals surface area contributed by atoms with Gasteiger partial charge in [0.25, 0.3) is 0 Å². The topological polar surface area (TPSA) is 66.6 Å². The van der Waals surface area contributed by atoms with Gasteiger partial charge in [-0.1, -0.05) is 72.6 Å². The summed E-state index contributed by atoms with van der Waals surface area (Å²) in [5.74, 6) is 1.57. The molecule has 0 saturated carbocycles. The first-order valence-corrected chi connectivity index (χ1v) is 13.4. The molecule has 0 bridgehead atoms. The molecule has 0 radical (unpaired) electrons. The molecule has 6 rings (SSSR count). The molecule has 1 saturated heterocycles. The van der Waals surface area contributed by atoms with E-state index >= 15 is 0 Å². The second-order valence-corrected chi connectivity index (χ2v) is 10.2. The number of amides is 1. The van der Waals surface area contributed by atoms with Crippen LogP contribution in [-0.4, -0.2) is 56.6 Å². The molecule has 0 aliphatic carbocycles. The second-order valence-electron chi connectivity index (χ2n) is 9.81. The Morgan fingerprint density at radius 3 is 2.47 bits per heavy atom. The maximum atomic E-state index is 13.5. The molecule has 38 heavy (non-hydrogen) atoms. The molecule has 0 spiro atoms. The highest BCUT2D eigenvalue weighted by Gasteiger charge is 2.29. The van der Waals surface area contributed by atoms with Crippen LogP contribution in [0.25, 0.3) is 27.9 Å². The van der Waals surface area contributed by atoms with E-state index in [1.165, 1.54) is 0 Å². The Hall–Kier alpha value is -3.97. The largest absolute Gasteiger partial charge is 0.339 e. The summed E-state index contributed by atoms with van der Waals surface area (Å²) in [5, 5.41) is 10.7. The van der Waals surface area contributed by atoms with Gasteiger partial charge in [-0.25, -0.2) is 9.38 Å². The molecule has 1 amide bonds. The van der Waals surface area contributed by atoms with E-state index < -0.39 is 0 Å². The lowest BCUT2D eigenvalue weighted by atomic mass is 9.95. The number of fused-ring (bicyclic) bond motifs is 3. The molecule has 1 aliphatic heterocycles. The standard InChI is InChI=1S/C30H29ClN6O/c1-3-24(21-9-5-4-6-10-21)29(38)35-14-16-36(17-15-35)30-32-26-19-23(31)12-13-25(26)28-34-33-27(37(28)30)22-11-7-8-20(2)18-22/h4-13,18-19,24H,3,14-17H2,1-2H3/t24-/m0/s1. The van der Waals surface area contributed by atoms with E-state index in [0.717, 1.165) is 51.4 Å². The summed E-state index contributed by atoms with van der Waals surface area (Å²) in [6.45, 7) is 6.72. The maximum absolute atomic E-state index is 13.5. The third-order valence-corrected chi connectivity index (χ3v) is 7.58. The van der Waals surface area contributed by atoms with Crippen molar-refractivity contribution in [2.45, 2.75) is 26.2 Å². The zero-order valence-electron chi connectivity index (χ0n) is 21.5. The summed E-state index contributed by atoms with van der Waals surface area (Å²) < 4.78 is 2.04. The first-order chi connectivity index (χ1) is 18.5. The van der Waals surface area contributed by atoms with E-state index in [4.69, 9.17) is 16.6 Å². The average molecular weight is 525 g/mol. The van der Waals surface area contributed by atoms with Gasteiger partial charge < -0.3 is 9.80 Å². The van der Waals surface area contributed by atoms with E-state index in [1.807, 2.05) is 70.0 Å². The van der Waals surface area contributed by atoms with Gasteiger partial charge in [0.2, 0.25) is 11.9 Å². The van der Waals surface area contributed by atoms with Crippen molar-refractivity contribution in [3.8, 4) is 11.4 Å². The SMILES string of the molecule is CC[C@H](C(=O)N1CCN(c2nc3cc(Cl)ccc3c3nnc(-c4cccc(C)c4)n23)CC1)c1ccccc1. The molecule has 3 aromatic carbocycles. The highest BCUT2D eigenvalue weighted by molar-refractivity contribution is 6.31. The van der Waals surface area contributed by atoms with Crippen LogP contribution in [0.1, 0.15) is 30.4 Å². The van der Waals surface area contributed by atoms with E-state index in [0.29, 0.717) is 31.2 Å². The monoisotopic (exact) mass is 524 g/mol. The molecule has 0 N–H and O–H groups in total. The van der Waals surface area contributed by atoms with E-state index in [2.05, 4.69) is 41.1 Å². The van der Waals surface area contributed by atoms with Crippen molar-refractivity contribution in [3.63, 3.8) is 0 Å². The average Bonchev–Trinajstić information content (AvgIpc) is 3.39. The first-order valence-electron chi connectivity index (χ1n) is 13.0. The van der Waals surface area contributed by atoms with Crippen LogP contribution in [0.2, 0.25) is 5.02 Å². The molecule has 0 unspecified atom stereocenters. The van der Waals surface area contributed by atoms with Crippen molar-refractivity contribution in [3.05, 3.63) is 88.9 Å². The van der Waals surface area contributed by atoms with Gasteiger partial charge in [-0.15, -0.1) is 10.2 Å². The van der Waals surface area contributed by atoms with Gasteiger partial charge in [-0.05, 0) is 43.2 Å². The zero-order chi connectivity index (χ0) is 26.2. The van der Waals surface area contributed by atoms with E-state index in [9.17, 15) is 4.79 Å². The lowest BCUT2D eigenvalue weighted by molar-refractivity contribution is -0.133. The van der Waals surface area contributed by atoms with Crippen molar-refractivity contribution >= 4 is 40.0 Å². The predicted molar refractivity (Wildman–Crippen MR) is 152 cm³/mol. The number of aryl methyl sites for hydroxylation is 1. The maximum Gasteiger partial charge on any atom is 0.230 e. The van der Waals surface area contributed by atoms with Crippen LogP contribution in [0.5, 0.6) is 0 Å². The lowest BCUT2D eigenvalue weighted by Gasteiger charge is -2.37. The minimum atomic E-state index is -0.124. The number of nitrogens with zero attached hydrogens (tertiary/aromatic N) is 6. The van der Waals surface area contributed by atoms with Crippen LogP contribution in [-0.2, 0) is 4.79 Å². The van der Waals surface area contributed by atoms with Gasteiger partial charge >= 0.3 is 0 Å². The highest BCUT2D eigenvalue weighted by atomic mass is 35.5. The fourth-order valence-corrected chi connectivity index (χ4v) is 5.53. The summed E-state index contributed by atoms with van der Waals surface area (Å²) in [6, 6.07) is 24.0. The van der Waals surface area contributed by atoms with Crippen LogP contribution >= 0.6 is 11.6 Å². The number of benzene rings is 3. The van der Waals surface area contributed by atoms with Crippen LogP contribution < -0.4 is 4.90 Å². The normalized spacial score (nSPS) is 14.8. The highest BCUT2D eigenvalue weighted by Crippen LogP contribution is 2.31. The van der Waals surface area contributed by atoms with Gasteiger partial charge in [0.05, 0.1) is 11.4 Å². The Kier molecular flexibility index (Phi) is 6.45. The molecular formula is C30H29ClN6O. The molecule has 7 nitrogen and oxygen atoms in total. The molecule has 3 heterocycles. The van der Waals surface area contributed by atoms with Crippen LogP contribution in [0.15, 0.2) is 72.8 Å². The Balaban J connectivity index is 1.36. The lowest BCUT2D eigenvalue weighted by Crippen LogP contribution is -2.50. The van der Waals surface area contributed by atoms with Crippen molar-refractivity contribution in [2.75, 3.05) is 31.1 Å². The second kappa shape index (κ2) is 10.1. The number of halogens is 1. The molecule has 5 aromatic rings. The quantitative estimate of drug-likeness (QED) is 0.293. The zero-order valence-corrected chi connectivity index (χ0v) is 22.3. The molecule has 1 fully saturated rings. The number of carbonyl (C=O) groups is 1. The molecule has 1 aliphatic rings. The number of rotatable bonds is 5. The molecule has 2 aromatic heterocycles. The summed E-state index contributed by atoms with van der Waals surface area (Å²) in [7, 11) is 0. The number of hydrogen-bond acceptors (Lipinski definition) is 5.